The summed E-state index contributed by atoms with van der Waals surface area (Å²) in [5, 5.41) is 2.70. The van der Waals surface area contributed by atoms with E-state index in [2.05, 4.69) is 24.1 Å². The summed E-state index contributed by atoms with van der Waals surface area (Å²) in [5.74, 6) is -0.516. The van der Waals surface area contributed by atoms with Crippen molar-refractivity contribution < 1.29 is 14.3 Å². The lowest BCUT2D eigenvalue weighted by Gasteiger charge is -2.10. The molecule has 120 valence electrons. The van der Waals surface area contributed by atoms with E-state index in [4.69, 9.17) is 4.74 Å². The number of ether oxygens (including phenoxy) is 1. The van der Waals surface area contributed by atoms with E-state index >= 15 is 0 Å². The van der Waals surface area contributed by atoms with Crippen LogP contribution >= 0.6 is 0 Å². The molecule has 0 aliphatic carbocycles. The Hall–Kier alpha value is -2.69. The minimum atomic E-state index is -0.618. The first-order chi connectivity index (χ1) is 11.1. The lowest BCUT2D eigenvalue weighted by molar-refractivity contribution is -0.119. The van der Waals surface area contributed by atoms with Gasteiger partial charge in [-0.3, -0.25) is 4.79 Å². The molecule has 2 aromatic rings. The summed E-state index contributed by atoms with van der Waals surface area (Å²) in [5.41, 5.74) is 2.08. The zero-order valence-corrected chi connectivity index (χ0v) is 13.3. The summed E-state index contributed by atoms with van der Waals surface area (Å²) < 4.78 is 4.93. The van der Waals surface area contributed by atoms with Crippen molar-refractivity contribution >= 4 is 17.6 Å². The number of pyridine rings is 1. The number of hydrogen-bond donors (Lipinski definition) is 1. The van der Waals surface area contributed by atoms with Crippen molar-refractivity contribution in [2.75, 3.05) is 11.9 Å². The summed E-state index contributed by atoms with van der Waals surface area (Å²) in [4.78, 5) is 27.4. The normalized spacial score (nSPS) is 11.6. The predicted octanol–water partition coefficient (Wildman–Crippen LogP) is 3.39. The Kier molecular flexibility index (Phi) is 5.86. The van der Waals surface area contributed by atoms with Crippen LogP contribution in [0.5, 0.6) is 0 Å². The largest absolute Gasteiger partial charge is 0.451 e. The summed E-state index contributed by atoms with van der Waals surface area (Å²) in [7, 11) is 0. The van der Waals surface area contributed by atoms with Gasteiger partial charge in [0, 0.05) is 11.9 Å². The molecule has 1 aromatic heterocycles. The molecule has 5 nitrogen and oxygen atoms in total. The van der Waals surface area contributed by atoms with Crippen LogP contribution in [0, 0.1) is 0 Å². The van der Waals surface area contributed by atoms with Gasteiger partial charge >= 0.3 is 5.97 Å². The zero-order valence-electron chi connectivity index (χ0n) is 13.3. The molecule has 0 bridgehead atoms. The van der Waals surface area contributed by atoms with Crippen LogP contribution < -0.4 is 5.32 Å². The second-order valence-electron chi connectivity index (χ2n) is 5.27. The molecule has 0 radical (unpaired) electrons. The van der Waals surface area contributed by atoms with Gasteiger partial charge in [0.1, 0.15) is 5.69 Å². The fourth-order valence-corrected chi connectivity index (χ4v) is 2.02. The van der Waals surface area contributed by atoms with Gasteiger partial charge in [-0.15, -0.1) is 0 Å². The van der Waals surface area contributed by atoms with Gasteiger partial charge < -0.3 is 10.1 Å². The molecule has 0 saturated carbocycles. The number of esters is 1. The van der Waals surface area contributed by atoms with Crippen LogP contribution in [0.25, 0.3) is 0 Å². The van der Waals surface area contributed by atoms with Gasteiger partial charge in [-0.05, 0) is 42.2 Å². The van der Waals surface area contributed by atoms with E-state index in [0.29, 0.717) is 11.6 Å². The van der Waals surface area contributed by atoms with Crippen LogP contribution in [-0.2, 0) is 9.53 Å². The van der Waals surface area contributed by atoms with Gasteiger partial charge in [0.15, 0.2) is 6.61 Å². The lowest BCUT2D eigenvalue weighted by Crippen LogP contribution is -2.21. The molecule has 1 amide bonds. The van der Waals surface area contributed by atoms with Crippen molar-refractivity contribution in [3.63, 3.8) is 0 Å². The number of carbonyl (C=O) groups is 2. The molecular weight excluding hydrogens is 292 g/mol. The Balaban J connectivity index is 1.84. The van der Waals surface area contributed by atoms with Gasteiger partial charge in [0.05, 0.1) is 0 Å². The van der Waals surface area contributed by atoms with Crippen molar-refractivity contribution in [2.24, 2.45) is 0 Å². The smallest absolute Gasteiger partial charge is 0.357 e. The first-order valence-corrected chi connectivity index (χ1v) is 7.58. The Bertz CT molecular complexity index is 654. The molecule has 0 unspecified atom stereocenters. The molecule has 0 aliphatic rings. The van der Waals surface area contributed by atoms with Crippen LogP contribution in [0.15, 0.2) is 48.7 Å². The molecule has 23 heavy (non-hydrogen) atoms. The van der Waals surface area contributed by atoms with E-state index in [0.717, 1.165) is 6.42 Å². The van der Waals surface area contributed by atoms with Crippen LogP contribution in [0.4, 0.5) is 5.69 Å². The van der Waals surface area contributed by atoms with Crippen LogP contribution in [0.1, 0.15) is 42.2 Å². The van der Waals surface area contributed by atoms with E-state index in [1.165, 1.54) is 17.8 Å². The predicted molar refractivity (Wildman–Crippen MR) is 88.3 cm³/mol. The van der Waals surface area contributed by atoms with Crippen molar-refractivity contribution in [1.82, 2.24) is 4.98 Å². The Labute approximate surface area is 135 Å². The number of rotatable bonds is 6. The lowest BCUT2D eigenvalue weighted by atomic mass is 9.99. The SMILES string of the molecule is CC[C@H](C)c1ccc(NC(=O)COC(=O)c2ccccn2)cc1. The average Bonchev–Trinajstić information content (AvgIpc) is 2.60. The van der Waals surface area contributed by atoms with Crippen molar-refractivity contribution in [1.29, 1.82) is 0 Å². The molecule has 0 spiro atoms. The fraction of sp³-hybridized carbons (Fsp3) is 0.278. The second-order valence-corrected chi connectivity index (χ2v) is 5.27. The standard InChI is InChI=1S/C18H20N2O3/c1-3-13(2)14-7-9-15(10-8-14)20-17(21)12-23-18(22)16-6-4-5-11-19-16/h4-11,13H,3,12H2,1-2H3,(H,20,21)/t13-/m0/s1. The molecule has 1 atom stereocenters. The van der Waals surface area contributed by atoms with Crippen LogP contribution in [-0.4, -0.2) is 23.5 Å². The van der Waals surface area contributed by atoms with Crippen molar-refractivity contribution in [3.8, 4) is 0 Å². The molecule has 0 fully saturated rings. The number of nitrogens with zero attached hydrogens (tertiary/aromatic N) is 1. The molecule has 1 N–H and O–H groups in total. The summed E-state index contributed by atoms with van der Waals surface area (Å²) >= 11 is 0. The van der Waals surface area contributed by atoms with E-state index in [-0.39, 0.29) is 18.2 Å². The Morgan fingerprint density at radius 3 is 2.52 bits per heavy atom. The maximum Gasteiger partial charge on any atom is 0.357 e. The number of aromatic nitrogens is 1. The highest BCUT2D eigenvalue weighted by Crippen LogP contribution is 2.20. The number of benzene rings is 1. The highest BCUT2D eigenvalue weighted by Gasteiger charge is 2.11. The minimum Gasteiger partial charge on any atom is -0.451 e. The fourth-order valence-electron chi connectivity index (χ4n) is 2.02. The summed E-state index contributed by atoms with van der Waals surface area (Å²) in [6.45, 7) is 3.95. The monoisotopic (exact) mass is 312 g/mol. The zero-order chi connectivity index (χ0) is 16.7. The summed E-state index contributed by atoms with van der Waals surface area (Å²) in [6, 6.07) is 12.6. The highest BCUT2D eigenvalue weighted by atomic mass is 16.5. The third-order valence-electron chi connectivity index (χ3n) is 3.58. The second kappa shape index (κ2) is 8.08. The average molecular weight is 312 g/mol. The van der Waals surface area contributed by atoms with E-state index in [1.54, 1.807) is 12.1 Å². The van der Waals surface area contributed by atoms with Gasteiger partial charge in [-0.25, -0.2) is 9.78 Å². The third kappa shape index (κ3) is 4.92. The van der Waals surface area contributed by atoms with Gasteiger partial charge in [-0.2, -0.15) is 0 Å². The Morgan fingerprint density at radius 2 is 1.91 bits per heavy atom. The molecule has 1 heterocycles. The topological polar surface area (TPSA) is 68.3 Å². The van der Waals surface area contributed by atoms with E-state index in [1.807, 2.05) is 24.3 Å². The maximum absolute atomic E-state index is 11.8. The number of carbonyl (C=O) groups excluding carboxylic acids is 2. The molecule has 5 heteroatoms. The highest BCUT2D eigenvalue weighted by molar-refractivity contribution is 5.94. The quantitative estimate of drug-likeness (QED) is 0.830. The van der Waals surface area contributed by atoms with Crippen LogP contribution in [0.2, 0.25) is 0 Å². The van der Waals surface area contributed by atoms with Gasteiger partial charge in [0.25, 0.3) is 5.91 Å². The molecule has 0 saturated heterocycles. The van der Waals surface area contributed by atoms with Gasteiger partial charge in [0.2, 0.25) is 0 Å². The first kappa shape index (κ1) is 16.7. The Morgan fingerprint density at radius 1 is 1.17 bits per heavy atom. The molecule has 0 aliphatic heterocycles. The number of hydrogen-bond acceptors (Lipinski definition) is 4. The van der Waals surface area contributed by atoms with Crippen molar-refractivity contribution in [2.45, 2.75) is 26.2 Å². The van der Waals surface area contributed by atoms with E-state index in [9.17, 15) is 9.59 Å². The van der Waals surface area contributed by atoms with E-state index < -0.39 is 5.97 Å². The third-order valence-corrected chi connectivity index (χ3v) is 3.58. The van der Waals surface area contributed by atoms with Crippen LogP contribution in [0.3, 0.4) is 0 Å². The van der Waals surface area contributed by atoms with Gasteiger partial charge in [-0.1, -0.05) is 32.0 Å². The van der Waals surface area contributed by atoms with Crippen molar-refractivity contribution in [3.05, 3.63) is 59.9 Å². The maximum atomic E-state index is 11.8. The molecule has 1 aromatic carbocycles. The first-order valence-electron chi connectivity index (χ1n) is 7.58. The minimum absolute atomic E-state index is 0.179. The summed E-state index contributed by atoms with van der Waals surface area (Å²) in [6.07, 6.45) is 2.56. The number of anilines is 1. The molecule has 2 rings (SSSR count). The molecular formula is C18H20N2O3. The number of nitrogens with one attached hydrogen (secondary N) is 1. The number of amides is 1.